The van der Waals surface area contributed by atoms with E-state index in [0.29, 0.717) is 11.8 Å². The first-order valence-electron chi connectivity index (χ1n) is 7.49. The van der Waals surface area contributed by atoms with E-state index in [2.05, 4.69) is 0 Å². The van der Waals surface area contributed by atoms with E-state index < -0.39 is 29.5 Å². The van der Waals surface area contributed by atoms with Gasteiger partial charge in [-0.15, -0.1) is 0 Å². The zero-order valence-electron chi connectivity index (χ0n) is 14.6. The number of likely N-dealkylation sites (N-methyl/N-ethyl adjacent to an activating group) is 1. The molecule has 2 aromatic rings. The van der Waals surface area contributed by atoms with Crippen LogP contribution < -0.4 is 9.47 Å². The predicted octanol–water partition coefficient (Wildman–Crippen LogP) is 4.10. The summed E-state index contributed by atoms with van der Waals surface area (Å²) in [5, 5.41) is 8.13. The molecule has 1 N–H and O–H groups in total. The topological polar surface area (TPSA) is 76.1 Å². The van der Waals surface area contributed by atoms with Crippen molar-refractivity contribution < 1.29 is 37.3 Å². The second-order valence-corrected chi connectivity index (χ2v) is 6.41. The van der Waals surface area contributed by atoms with Gasteiger partial charge < -0.3 is 19.5 Å². The van der Waals surface area contributed by atoms with Gasteiger partial charge in [0.1, 0.15) is 23.6 Å². The minimum absolute atomic E-state index is 0.143. The van der Waals surface area contributed by atoms with E-state index in [0.717, 1.165) is 12.0 Å². The van der Waals surface area contributed by atoms with Crippen LogP contribution in [0.2, 0.25) is 0 Å². The molecule has 0 unspecified atom stereocenters. The molecular formula is C17H16F3NO5S. The molecule has 0 saturated heterocycles. The predicted molar refractivity (Wildman–Crippen MR) is 93.6 cm³/mol. The van der Waals surface area contributed by atoms with Crippen LogP contribution in [0.5, 0.6) is 11.5 Å². The van der Waals surface area contributed by atoms with Gasteiger partial charge in [0.15, 0.2) is 0 Å². The Morgan fingerprint density at radius 1 is 1.07 bits per heavy atom. The van der Waals surface area contributed by atoms with Crippen molar-refractivity contribution in [2.45, 2.75) is 11.1 Å². The number of benzene rings is 2. The summed E-state index contributed by atoms with van der Waals surface area (Å²) in [6.45, 7) is -0.541. The van der Waals surface area contributed by atoms with Gasteiger partial charge in [0.2, 0.25) is 0 Å². The number of amides is 1. The second kappa shape index (κ2) is 7.95. The minimum atomic E-state index is -4.68. The first kappa shape index (κ1) is 20.7. The lowest BCUT2D eigenvalue weighted by Gasteiger charge is -2.19. The summed E-state index contributed by atoms with van der Waals surface area (Å²) < 4.78 is 50.7. The zero-order chi connectivity index (χ0) is 20.4. The summed E-state index contributed by atoms with van der Waals surface area (Å²) >= 11 is 0.598. The molecule has 27 heavy (non-hydrogen) atoms. The number of carboxylic acid groups (broad SMARTS) is 1. The van der Waals surface area contributed by atoms with Gasteiger partial charge in [-0.2, -0.15) is 13.2 Å². The smallest absolute Gasteiger partial charge is 0.420 e. The first-order chi connectivity index (χ1) is 12.6. The van der Waals surface area contributed by atoms with Crippen LogP contribution in [0.4, 0.5) is 18.0 Å². The standard InChI is InChI=1S/C17H16F3NO5S/c1-21(8-13(22)23)16(24)27-15-10-5-6-11(25-2)14(17(18,19)20)9(10)4-7-12(15)26-3/h4-7H,8H2,1-3H3,(H,22,23). The monoisotopic (exact) mass is 403 g/mol. The van der Waals surface area contributed by atoms with E-state index in [1.165, 1.54) is 38.4 Å². The average molecular weight is 403 g/mol. The van der Waals surface area contributed by atoms with Gasteiger partial charge in [-0.3, -0.25) is 9.59 Å². The van der Waals surface area contributed by atoms with E-state index in [9.17, 15) is 22.8 Å². The van der Waals surface area contributed by atoms with E-state index >= 15 is 0 Å². The molecule has 0 spiro atoms. The van der Waals surface area contributed by atoms with Gasteiger partial charge >= 0.3 is 12.1 Å². The molecule has 1 amide bonds. The number of ether oxygens (including phenoxy) is 2. The Bertz CT molecular complexity index is 885. The number of thioether (sulfide) groups is 1. The summed E-state index contributed by atoms with van der Waals surface area (Å²) in [4.78, 5) is 24.2. The van der Waals surface area contributed by atoms with Crippen LogP contribution >= 0.6 is 11.8 Å². The normalized spacial score (nSPS) is 11.3. The van der Waals surface area contributed by atoms with Gasteiger partial charge in [-0.05, 0) is 41.4 Å². The first-order valence-corrected chi connectivity index (χ1v) is 8.31. The SMILES string of the molecule is COc1ccc2c(C(F)(F)F)c(OC)ccc2c1SC(=O)N(C)CC(=O)O. The molecule has 0 fully saturated rings. The van der Waals surface area contributed by atoms with Crippen molar-refractivity contribution in [3.8, 4) is 11.5 Å². The number of nitrogens with zero attached hydrogens (tertiary/aromatic N) is 1. The van der Waals surface area contributed by atoms with Crippen LogP contribution in [0.25, 0.3) is 10.8 Å². The third-order valence-corrected chi connectivity index (χ3v) is 4.79. The Balaban J connectivity index is 2.64. The van der Waals surface area contributed by atoms with E-state index in [4.69, 9.17) is 14.6 Å². The van der Waals surface area contributed by atoms with Crippen LogP contribution in [0.15, 0.2) is 29.2 Å². The molecule has 0 bridgehead atoms. The Hall–Kier alpha value is -2.62. The lowest BCUT2D eigenvalue weighted by Crippen LogP contribution is -2.28. The van der Waals surface area contributed by atoms with Crippen molar-refractivity contribution >= 4 is 33.7 Å². The number of carbonyl (C=O) groups is 2. The number of rotatable bonds is 5. The maximum absolute atomic E-state index is 13.6. The molecule has 0 heterocycles. The number of methoxy groups -OCH3 is 2. The van der Waals surface area contributed by atoms with Crippen molar-refractivity contribution in [3.63, 3.8) is 0 Å². The molecule has 2 rings (SSSR count). The molecule has 2 aromatic carbocycles. The Morgan fingerprint density at radius 3 is 2.15 bits per heavy atom. The lowest BCUT2D eigenvalue weighted by atomic mass is 10.0. The largest absolute Gasteiger partial charge is 0.496 e. The molecule has 146 valence electrons. The summed E-state index contributed by atoms with van der Waals surface area (Å²) in [6, 6.07) is 5.14. The van der Waals surface area contributed by atoms with E-state index in [1.54, 1.807) is 0 Å². The number of carboxylic acids is 1. The third kappa shape index (κ3) is 4.38. The van der Waals surface area contributed by atoms with Crippen molar-refractivity contribution in [1.29, 1.82) is 0 Å². The highest BCUT2D eigenvalue weighted by Crippen LogP contribution is 2.45. The third-order valence-electron chi connectivity index (χ3n) is 3.67. The summed E-state index contributed by atoms with van der Waals surface area (Å²) in [5.41, 5.74) is -0.960. The fourth-order valence-electron chi connectivity index (χ4n) is 2.50. The number of halogens is 3. The average Bonchev–Trinajstić information content (AvgIpc) is 2.59. The maximum atomic E-state index is 13.6. The van der Waals surface area contributed by atoms with Crippen LogP contribution in [0.1, 0.15) is 5.56 Å². The highest BCUT2D eigenvalue weighted by Gasteiger charge is 2.37. The highest BCUT2D eigenvalue weighted by atomic mass is 32.2. The maximum Gasteiger partial charge on any atom is 0.420 e. The molecule has 0 atom stereocenters. The summed E-state index contributed by atoms with van der Waals surface area (Å²) in [5.74, 6) is -1.35. The zero-order valence-corrected chi connectivity index (χ0v) is 15.4. The van der Waals surface area contributed by atoms with Crippen LogP contribution in [0, 0.1) is 0 Å². The number of aliphatic carboxylic acids is 1. The number of hydrogen-bond donors (Lipinski definition) is 1. The molecular weight excluding hydrogens is 387 g/mol. The van der Waals surface area contributed by atoms with Crippen LogP contribution in [0.3, 0.4) is 0 Å². The fourth-order valence-corrected chi connectivity index (χ4v) is 3.43. The van der Waals surface area contributed by atoms with Gasteiger partial charge in [0, 0.05) is 12.4 Å². The molecule has 0 radical (unpaired) electrons. The molecule has 0 aliphatic rings. The van der Waals surface area contributed by atoms with E-state index in [-0.39, 0.29) is 27.2 Å². The Morgan fingerprint density at radius 2 is 1.63 bits per heavy atom. The van der Waals surface area contributed by atoms with Crippen LogP contribution in [-0.4, -0.2) is 49.0 Å². The number of alkyl halides is 3. The molecule has 0 aromatic heterocycles. The minimum Gasteiger partial charge on any atom is -0.496 e. The fraction of sp³-hybridized carbons (Fsp3) is 0.294. The summed E-state index contributed by atoms with van der Waals surface area (Å²) in [6.07, 6.45) is -4.68. The lowest BCUT2D eigenvalue weighted by molar-refractivity contribution is -0.138. The van der Waals surface area contributed by atoms with Gasteiger partial charge in [0.05, 0.1) is 19.1 Å². The van der Waals surface area contributed by atoms with Crippen molar-refractivity contribution in [1.82, 2.24) is 4.90 Å². The molecule has 0 aliphatic heterocycles. The van der Waals surface area contributed by atoms with Crippen LogP contribution in [-0.2, 0) is 11.0 Å². The molecule has 0 aliphatic carbocycles. The molecule has 0 saturated carbocycles. The number of fused-ring (bicyclic) bond motifs is 1. The Labute approximate surface area is 156 Å². The van der Waals surface area contributed by atoms with E-state index in [1.807, 2.05) is 0 Å². The number of carbonyl (C=O) groups excluding carboxylic acids is 1. The number of hydrogen-bond acceptors (Lipinski definition) is 5. The van der Waals surface area contributed by atoms with Gasteiger partial charge in [0.25, 0.3) is 5.24 Å². The highest BCUT2D eigenvalue weighted by molar-refractivity contribution is 8.13. The van der Waals surface area contributed by atoms with Crippen molar-refractivity contribution in [3.05, 3.63) is 29.8 Å². The van der Waals surface area contributed by atoms with Gasteiger partial charge in [-0.25, -0.2) is 0 Å². The Kier molecular flexibility index (Phi) is 6.09. The molecule has 6 nitrogen and oxygen atoms in total. The summed E-state index contributed by atoms with van der Waals surface area (Å²) in [7, 11) is 3.75. The van der Waals surface area contributed by atoms with Crippen molar-refractivity contribution in [2.75, 3.05) is 27.8 Å². The second-order valence-electron chi connectivity index (χ2n) is 5.45. The quantitative estimate of drug-likeness (QED) is 0.758. The molecule has 10 heteroatoms. The van der Waals surface area contributed by atoms with Crippen molar-refractivity contribution in [2.24, 2.45) is 0 Å². The van der Waals surface area contributed by atoms with Gasteiger partial charge in [-0.1, -0.05) is 0 Å².